The first kappa shape index (κ1) is 19.2. The van der Waals surface area contributed by atoms with E-state index < -0.39 is 10.0 Å². The molecular formula is C15H18ClN5O3S2. The van der Waals surface area contributed by atoms with Gasteiger partial charge in [-0.1, -0.05) is 29.8 Å². The Kier molecular flexibility index (Phi) is 6.17. The number of anilines is 1. The third kappa shape index (κ3) is 4.56. The van der Waals surface area contributed by atoms with Gasteiger partial charge >= 0.3 is 0 Å². The summed E-state index contributed by atoms with van der Waals surface area (Å²) in [6.07, 6.45) is 4.10. The topological polar surface area (TPSA) is 108 Å². The summed E-state index contributed by atoms with van der Waals surface area (Å²) in [7, 11) is -3.59. The zero-order chi connectivity index (χ0) is 18.6. The number of nitrogens with zero attached hydrogens (tertiary/aromatic N) is 3. The minimum Gasteiger partial charge on any atom is -0.324 e. The van der Waals surface area contributed by atoms with Crippen LogP contribution < -0.4 is 5.32 Å². The Morgan fingerprint density at radius 3 is 2.77 bits per heavy atom. The molecule has 0 atom stereocenters. The van der Waals surface area contributed by atoms with E-state index in [0.29, 0.717) is 18.2 Å². The van der Waals surface area contributed by atoms with Crippen LogP contribution in [0.2, 0.25) is 5.02 Å². The van der Waals surface area contributed by atoms with Crippen LogP contribution in [0.4, 0.5) is 5.69 Å². The number of nitrogens with one attached hydrogen (secondary N) is 2. The molecule has 8 nitrogen and oxygen atoms in total. The molecule has 0 spiro atoms. The highest BCUT2D eigenvalue weighted by Crippen LogP contribution is 2.28. The fraction of sp³-hybridized carbons (Fsp3) is 0.400. The maximum absolute atomic E-state index is 12.8. The van der Waals surface area contributed by atoms with Gasteiger partial charge in [-0.05, 0) is 31.0 Å². The van der Waals surface area contributed by atoms with E-state index in [-0.39, 0.29) is 27.3 Å². The summed E-state index contributed by atoms with van der Waals surface area (Å²) in [4.78, 5) is 16.2. The van der Waals surface area contributed by atoms with Gasteiger partial charge in [0.05, 0.1) is 21.4 Å². The Hall–Kier alpha value is -1.62. The van der Waals surface area contributed by atoms with Crippen LogP contribution in [-0.4, -0.2) is 52.7 Å². The first-order chi connectivity index (χ1) is 12.5. The summed E-state index contributed by atoms with van der Waals surface area (Å²) in [5.74, 6) is -0.227. The van der Waals surface area contributed by atoms with Crippen molar-refractivity contribution in [3.05, 3.63) is 29.5 Å². The molecule has 11 heteroatoms. The SMILES string of the molecule is O=C(CSc1ncn[nH]1)Nc1cc(S(=O)(=O)N2CCCCC2)ccc1Cl. The number of sulfonamides is 1. The third-order valence-electron chi connectivity index (χ3n) is 3.90. The number of hydrogen-bond acceptors (Lipinski definition) is 6. The standard InChI is InChI=1S/C15H18ClN5O3S2/c16-12-5-4-11(26(23,24)21-6-2-1-3-7-21)8-13(12)19-14(22)9-25-15-17-10-18-20-15/h4-5,8,10H,1-3,6-7,9H2,(H,19,22)(H,17,18,20). The zero-order valence-corrected chi connectivity index (χ0v) is 16.2. The molecule has 0 unspecified atom stereocenters. The van der Waals surface area contributed by atoms with Crippen molar-refractivity contribution >= 4 is 45.0 Å². The predicted octanol–water partition coefficient (Wildman–Crippen LogP) is 2.36. The summed E-state index contributed by atoms with van der Waals surface area (Å²) in [6, 6.07) is 4.35. The molecule has 1 aliphatic heterocycles. The maximum Gasteiger partial charge on any atom is 0.243 e. The van der Waals surface area contributed by atoms with Crippen LogP contribution in [-0.2, 0) is 14.8 Å². The van der Waals surface area contributed by atoms with Crippen LogP contribution in [0.25, 0.3) is 0 Å². The summed E-state index contributed by atoms with van der Waals surface area (Å²) >= 11 is 7.30. The molecule has 1 fully saturated rings. The summed E-state index contributed by atoms with van der Waals surface area (Å²) in [5, 5.41) is 9.79. The van der Waals surface area contributed by atoms with E-state index in [1.165, 1.54) is 40.6 Å². The number of carbonyl (C=O) groups excluding carboxylic acids is 1. The number of thioether (sulfide) groups is 1. The van der Waals surface area contributed by atoms with Crippen molar-refractivity contribution in [3.8, 4) is 0 Å². The molecule has 140 valence electrons. The van der Waals surface area contributed by atoms with Crippen LogP contribution >= 0.6 is 23.4 Å². The van der Waals surface area contributed by atoms with E-state index in [1.807, 2.05) is 0 Å². The van der Waals surface area contributed by atoms with Crippen LogP contribution in [0.3, 0.4) is 0 Å². The lowest BCUT2D eigenvalue weighted by molar-refractivity contribution is -0.113. The van der Waals surface area contributed by atoms with Crippen molar-refractivity contribution in [1.29, 1.82) is 0 Å². The third-order valence-corrected chi connectivity index (χ3v) is 7.00. The number of rotatable bonds is 6. The monoisotopic (exact) mass is 415 g/mol. The van der Waals surface area contributed by atoms with Crippen molar-refractivity contribution in [2.75, 3.05) is 24.2 Å². The van der Waals surface area contributed by atoms with Crippen molar-refractivity contribution in [2.24, 2.45) is 0 Å². The highest BCUT2D eigenvalue weighted by Gasteiger charge is 2.26. The molecule has 1 saturated heterocycles. The molecule has 2 heterocycles. The number of aromatic nitrogens is 3. The van der Waals surface area contributed by atoms with Crippen molar-refractivity contribution < 1.29 is 13.2 Å². The second-order valence-corrected chi connectivity index (χ2v) is 9.04. The molecule has 2 aromatic rings. The van der Waals surface area contributed by atoms with Gasteiger partial charge < -0.3 is 5.32 Å². The van der Waals surface area contributed by atoms with Gasteiger partial charge in [-0.15, -0.1) is 0 Å². The number of aromatic amines is 1. The Morgan fingerprint density at radius 2 is 2.08 bits per heavy atom. The molecule has 2 N–H and O–H groups in total. The van der Waals surface area contributed by atoms with Crippen molar-refractivity contribution in [2.45, 2.75) is 29.3 Å². The molecule has 1 aromatic carbocycles. The molecule has 1 aromatic heterocycles. The van der Waals surface area contributed by atoms with E-state index in [4.69, 9.17) is 11.6 Å². The summed E-state index contributed by atoms with van der Waals surface area (Å²) in [5.41, 5.74) is 0.271. The minimum absolute atomic E-state index is 0.0919. The number of amides is 1. The van der Waals surface area contributed by atoms with E-state index >= 15 is 0 Å². The molecule has 0 bridgehead atoms. The minimum atomic E-state index is -3.59. The summed E-state index contributed by atoms with van der Waals surface area (Å²) < 4.78 is 27.0. The maximum atomic E-state index is 12.8. The highest BCUT2D eigenvalue weighted by atomic mass is 35.5. The fourth-order valence-corrected chi connectivity index (χ4v) is 4.89. The Labute approximate surface area is 160 Å². The molecule has 3 rings (SSSR count). The quantitative estimate of drug-likeness (QED) is 0.701. The fourth-order valence-electron chi connectivity index (χ4n) is 2.60. The van der Waals surface area contributed by atoms with E-state index in [0.717, 1.165) is 19.3 Å². The molecule has 0 radical (unpaired) electrons. The Bertz CT molecular complexity index is 867. The van der Waals surface area contributed by atoms with E-state index in [1.54, 1.807) is 0 Å². The lowest BCUT2D eigenvalue weighted by Gasteiger charge is -2.26. The predicted molar refractivity (Wildman–Crippen MR) is 99.8 cm³/mol. The molecule has 1 amide bonds. The lowest BCUT2D eigenvalue weighted by atomic mass is 10.2. The zero-order valence-electron chi connectivity index (χ0n) is 13.8. The summed E-state index contributed by atoms with van der Waals surface area (Å²) in [6.45, 7) is 1.03. The Balaban J connectivity index is 1.71. The molecule has 0 aliphatic carbocycles. The second kappa shape index (κ2) is 8.38. The second-order valence-electron chi connectivity index (χ2n) is 5.73. The number of piperidine rings is 1. The van der Waals surface area contributed by atoms with E-state index in [9.17, 15) is 13.2 Å². The normalized spacial score (nSPS) is 15.7. The van der Waals surface area contributed by atoms with Gasteiger partial charge in [0.1, 0.15) is 6.33 Å². The lowest BCUT2D eigenvalue weighted by Crippen LogP contribution is -2.35. The number of hydrogen-bond donors (Lipinski definition) is 2. The Morgan fingerprint density at radius 1 is 1.31 bits per heavy atom. The van der Waals surface area contributed by atoms with Crippen LogP contribution in [0.1, 0.15) is 19.3 Å². The van der Waals surface area contributed by atoms with Gasteiger partial charge in [-0.3, -0.25) is 9.89 Å². The largest absolute Gasteiger partial charge is 0.324 e. The average molecular weight is 416 g/mol. The molecule has 26 heavy (non-hydrogen) atoms. The van der Waals surface area contributed by atoms with Gasteiger partial charge in [0.15, 0.2) is 5.16 Å². The van der Waals surface area contributed by atoms with Gasteiger partial charge in [0.2, 0.25) is 15.9 Å². The van der Waals surface area contributed by atoms with Crippen LogP contribution in [0, 0.1) is 0 Å². The van der Waals surface area contributed by atoms with E-state index in [2.05, 4.69) is 20.5 Å². The first-order valence-corrected chi connectivity index (χ1v) is 10.8. The van der Waals surface area contributed by atoms with Gasteiger partial charge in [-0.25, -0.2) is 13.4 Å². The van der Waals surface area contributed by atoms with Gasteiger partial charge in [0.25, 0.3) is 0 Å². The van der Waals surface area contributed by atoms with Crippen LogP contribution in [0.5, 0.6) is 0 Å². The smallest absolute Gasteiger partial charge is 0.243 e. The first-order valence-electron chi connectivity index (χ1n) is 8.04. The van der Waals surface area contributed by atoms with Crippen LogP contribution in [0.15, 0.2) is 34.6 Å². The van der Waals surface area contributed by atoms with Crippen molar-refractivity contribution in [1.82, 2.24) is 19.5 Å². The number of carbonyl (C=O) groups is 1. The van der Waals surface area contributed by atoms with Gasteiger partial charge in [0, 0.05) is 13.1 Å². The van der Waals surface area contributed by atoms with Gasteiger partial charge in [-0.2, -0.15) is 9.40 Å². The molecule has 0 saturated carbocycles. The number of H-pyrrole nitrogens is 1. The van der Waals surface area contributed by atoms with Crippen molar-refractivity contribution in [3.63, 3.8) is 0 Å². The number of benzene rings is 1. The average Bonchev–Trinajstić information content (AvgIpc) is 3.16. The molecule has 1 aliphatic rings. The highest BCUT2D eigenvalue weighted by molar-refractivity contribution is 7.99. The molecular weight excluding hydrogens is 398 g/mol. The number of halogens is 1.